The minimum atomic E-state index is -3.26. The van der Waals surface area contributed by atoms with Crippen molar-refractivity contribution < 1.29 is 13.2 Å². The van der Waals surface area contributed by atoms with Crippen molar-refractivity contribution in [1.29, 1.82) is 0 Å². The van der Waals surface area contributed by atoms with Crippen LogP contribution in [0.4, 0.5) is 0 Å². The van der Waals surface area contributed by atoms with Gasteiger partial charge in [-0.1, -0.05) is 37.1 Å². The summed E-state index contributed by atoms with van der Waals surface area (Å²) in [5.74, 6) is 0.0520. The summed E-state index contributed by atoms with van der Waals surface area (Å²) < 4.78 is 25.7. The van der Waals surface area contributed by atoms with Crippen molar-refractivity contribution in [2.75, 3.05) is 19.3 Å². The Labute approximate surface area is 144 Å². The van der Waals surface area contributed by atoms with Crippen molar-refractivity contribution in [3.8, 4) is 0 Å². The van der Waals surface area contributed by atoms with Gasteiger partial charge in [-0.3, -0.25) is 4.79 Å². The van der Waals surface area contributed by atoms with Gasteiger partial charge < -0.3 is 4.90 Å². The second-order valence-corrected chi connectivity index (χ2v) is 8.83. The lowest BCUT2D eigenvalue weighted by atomic mass is 10.00. The van der Waals surface area contributed by atoms with E-state index in [0.717, 1.165) is 38.6 Å². The molecule has 1 amide bonds. The molecule has 0 spiro atoms. The van der Waals surface area contributed by atoms with Crippen molar-refractivity contribution in [1.82, 2.24) is 9.21 Å². The van der Waals surface area contributed by atoms with Crippen LogP contribution in [0.25, 0.3) is 0 Å². The topological polar surface area (TPSA) is 57.7 Å². The number of hydrogen-bond donors (Lipinski definition) is 0. The van der Waals surface area contributed by atoms with Crippen LogP contribution in [0.15, 0.2) is 24.3 Å². The lowest BCUT2D eigenvalue weighted by molar-refractivity contribution is -0.132. The Kier molecular flexibility index (Phi) is 5.25. The third kappa shape index (κ3) is 3.98. The average molecular weight is 350 g/mol. The molecule has 1 aromatic carbocycles. The van der Waals surface area contributed by atoms with Crippen LogP contribution >= 0.6 is 0 Å². The van der Waals surface area contributed by atoms with Gasteiger partial charge in [-0.05, 0) is 30.4 Å². The minimum absolute atomic E-state index is 0.0520. The highest BCUT2D eigenvalue weighted by Crippen LogP contribution is 2.26. The van der Waals surface area contributed by atoms with Gasteiger partial charge in [-0.25, -0.2) is 8.42 Å². The molecule has 1 aliphatic heterocycles. The van der Waals surface area contributed by atoms with Gasteiger partial charge in [0, 0.05) is 32.1 Å². The quantitative estimate of drug-likeness (QED) is 0.818. The molecular formula is C18H26N2O3S. The van der Waals surface area contributed by atoms with Crippen LogP contribution in [0, 0.1) is 0 Å². The smallest absolute Gasteiger partial charge is 0.224 e. The van der Waals surface area contributed by atoms with E-state index in [0.29, 0.717) is 13.1 Å². The maximum atomic E-state index is 12.6. The number of carbonyl (C=O) groups is 1. The maximum Gasteiger partial charge on any atom is 0.224 e. The number of rotatable bonds is 5. The zero-order valence-corrected chi connectivity index (χ0v) is 15.1. The molecule has 1 saturated carbocycles. The number of hydrogen-bond acceptors (Lipinski definition) is 3. The molecule has 0 N–H and O–H groups in total. The molecule has 0 aromatic heterocycles. The van der Waals surface area contributed by atoms with Crippen LogP contribution in [-0.4, -0.2) is 48.9 Å². The first kappa shape index (κ1) is 17.4. The Balaban J connectivity index is 1.60. The van der Waals surface area contributed by atoms with E-state index in [1.54, 1.807) is 4.31 Å². The molecular weight excluding hydrogens is 324 g/mol. The Morgan fingerprint density at radius 1 is 1.21 bits per heavy atom. The largest absolute Gasteiger partial charge is 0.338 e. The van der Waals surface area contributed by atoms with Gasteiger partial charge >= 0.3 is 0 Å². The Bertz CT molecular complexity index is 696. The second kappa shape index (κ2) is 7.23. The SMILES string of the molecule is CS(=O)(=O)N(CCC(=O)N1CCc2ccccc2C1)C1CCCC1. The van der Waals surface area contributed by atoms with E-state index >= 15 is 0 Å². The Morgan fingerprint density at radius 2 is 1.88 bits per heavy atom. The van der Waals surface area contributed by atoms with Gasteiger partial charge in [-0.15, -0.1) is 0 Å². The van der Waals surface area contributed by atoms with Gasteiger partial charge in [0.05, 0.1) is 6.26 Å². The van der Waals surface area contributed by atoms with Crippen molar-refractivity contribution in [3.05, 3.63) is 35.4 Å². The number of sulfonamides is 1. The first-order chi connectivity index (χ1) is 11.4. The van der Waals surface area contributed by atoms with Gasteiger partial charge in [0.25, 0.3) is 0 Å². The number of nitrogens with zero attached hydrogens (tertiary/aromatic N) is 2. The van der Waals surface area contributed by atoms with Crippen molar-refractivity contribution in [3.63, 3.8) is 0 Å². The molecule has 0 unspecified atom stereocenters. The Hall–Kier alpha value is -1.40. The molecule has 0 saturated heterocycles. The minimum Gasteiger partial charge on any atom is -0.338 e. The van der Waals surface area contributed by atoms with Crippen LogP contribution in [0.2, 0.25) is 0 Å². The van der Waals surface area contributed by atoms with Gasteiger partial charge in [0.2, 0.25) is 15.9 Å². The third-order valence-electron chi connectivity index (χ3n) is 5.19. The summed E-state index contributed by atoms with van der Waals surface area (Å²) in [6.07, 6.45) is 6.39. The summed E-state index contributed by atoms with van der Waals surface area (Å²) in [4.78, 5) is 14.4. The first-order valence-electron chi connectivity index (χ1n) is 8.76. The number of fused-ring (bicyclic) bond motifs is 1. The second-order valence-electron chi connectivity index (χ2n) is 6.90. The standard InChI is InChI=1S/C18H26N2O3S/c1-24(22,23)20(17-8-4-5-9-17)13-11-18(21)19-12-10-15-6-2-3-7-16(15)14-19/h2-3,6-7,17H,4-5,8-14H2,1H3. The van der Waals surface area contributed by atoms with Gasteiger partial charge in [-0.2, -0.15) is 4.31 Å². The van der Waals surface area contributed by atoms with E-state index in [-0.39, 0.29) is 18.4 Å². The molecule has 3 rings (SSSR count). The zero-order valence-electron chi connectivity index (χ0n) is 14.3. The molecule has 0 radical (unpaired) electrons. The fourth-order valence-electron chi connectivity index (χ4n) is 3.88. The molecule has 1 heterocycles. The molecule has 0 atom stereocenters. The molecule has 6 heteroatoms. The summed E-state index contributed by atoms with van der Waals surface area (Å²) in [7, 11) is -3.26. The van der Waals surface area contributed by atoms with E-state index in [1.807, 2.05) is 17.0 Å². The summed E-state index contributed by atoms with van der Waals surface area (Å²) in [6, 6.07) is 8.29. The summed E-state index contributed by atoms with van der Waals surface area (Å²) in [6.45, 7) is 1.66. The molecule has 2 aliphatic rings. The van der Waals surface area contributed by atoms with Gasteiger partial charge in [0.15, 0.2) is 0 Å². The highest BCUT2D eigenvalue weighted by atomic mass is 32.2. The van der Waals surface area contributed by atoms with Gasteiger partial charge in [0.1, 0.15) is 0 Å². The molecule has 5 nitrogen and oxygen atoms in total. The van der Waals surface area contributed by atoms with Crippen molar-refractivity contribution in [2.24, 2.45) is 0 Å². The molecule has 1 fully saturated rings. The van der Waals surface area contributed by atoms with Crippen molar-refractivity contribution in [2.45, 2.75) is 51.1 Å². The van der Waals surface area contributed by atoms with Crippen molar-refractivity contribution >= 4 is 15.9 Å². The molecule has 24 heavy (non-hydrogen) atoms. The fourth-order valence-corrected chi connectivity index (χ4v) is 5.06. The van der Waals surface area contributed by atoms with Crippen LogP contribution in [0.5, 0.6) is 0 Å². The third-order valence-corrected chi connectivity index (χ3v) is 6.52. The first-order valence-corrected chi connectivity index (χ1v) is 10.6. The Morgan fingerprint density at radius 3 is 2.54 bits per heavy atom. The molecule has 0 bridgehead atoms. The van der Waals surface area contributed by atoms with Crippen LogP contribution in [0.1, 0.15) is 43.2 Å². The van der Waals surface area contributed by atoms with Crippen LogP contribution in [0.3, 0.4) is 0 Å². The van der Waals surface area contributed by atoms with E-state index in [2.05, 4.69) is 12.1 Å². The molecule has 1 aliphatic carbocycles. The monoisotopic (exact) mass is 350 g/mol. The lowest BCUT2D eigenvalue weighted by Gasteiger charge is -2.31. The highest BCUT2D eigenvalue weighted by molar-refractivity contribution is 7.88. The number of amides is 1. The highest BCUT2D eigenvalue weighted by Gasteiger charge is 2.30. The van der Waals surface area contributed by atoms with E-state index in [4.69, 9.17) is 0 Å². The normalized spacial score (nSPS) is 18.8. The average Bonchev–Trinajstić information content (AvgIpc) is 3.07. The predicted molar refractivity (Wildman–Crippen MR) is 94.0 cm³/mol. The summed E-state index contributed by atoms with van der Waals surface area (Å²) in [5.41, 5.74) is 2.51. The van der Waals surface area contributed by atoms with E-state index < -0.39 is 10.0 Å². The van der Waals surface area contributed by atoms with E-state index in [1.165, 1.54) is 17.4 Å². The molecule has 132 valence electrons. The predicted octanol–water partition coefficient (Wildman–Crippen LogP) is 2.17. The van der Waals surface area contributed by atoms with E-state index in [9.17, 15) is 13.2 Å². The molecule has 1 aromatic rings. The van der Waals surface area contributed by atoms with Crippen LogP contribution < -0.4 is 0 Å². The van der Waals surface area contributed by atoms with Crippen LogP contribution in [-0.2, 0) is 27.8 Å². The lowest BCUT2D eigenvalue weighted by Crippen LogP contribution is -2.42. The number of benzene rings is 1. The fraction of sp³-hybridized carbons (Fsp3) is 0.611. The number of carbonyl (C=O) groups excluding carboxylic acids is 1. The maximum absolute atomic E-state index is 12.6. The summed E-state index contributed by atoms with van der Waals surface area (Å²) >= 11 is 0. The zero-order chi connectivity index (χ0) is 17.2. The summed E-state index contributed by atoms with van der Waals surface area (Å²) in [5, 5.41) is 0.